The number of pyridine rings is 1. The van der Waals surface area contributed by atoms with Crippen LogP contribution in [0.15, 0.2) is 48.7 Å². The predicted molar refractivity (Wildman–Crippen MR) is 114 cm³/mol. The van der Waals surface area contributed by atoms with Crippen LogP contribution in [0.25, 0.3) is 10.9 Å². The van der Waals surface area contributed by atoms with Crippen LogP contribution in [0.3, 0.4) is 0 Å². The summed E-state index contributed by atoms with van der Waals surface area (Å²) in [5.41, 5.74) is 9.81. The molecule has 146 valence electrons. The Morgan fingerprint density at radius 1 is 1.18 bits per heavy atom. The van der Waals surface area contributed by atoms with Crippen molar-refractivity contribution in [3.05, 3.63) is 65.4 Å². The van der Waals surface area contributed by atoms with Crippen molar-refractivity contribution in [1.29, 1.82) is 0 Å². The number of benzene rings is 2. The molecule has 3 N–H and O–H groups in total. The van der Waals surface area contributed by atoms with Gasteiger partial charge < -0.3 is 15.8 Å². The Morgan fingerprint density at radius 2 is 1.93 bits per heavy atom. The predicted octanol–water partition coefficient (Wildman–Crippen LogP) is 4.99. The first-order valence-electron chi connectivity index (χ1n) is 9.72. The van der Waals surface area contributed by atoms with E-state index in [0.29, 0.717) is 17.7 Å². The summed E-state index contributed by atoms with van der Waals surface area (Å²) in [6, 6.07) is 13.9. The molecule has 0 unspecified atom stereocenters. The minimum Gasteiger partial charge on any atom is -0.494 e. The first-order chi connectivity index (χ1) is 13.5. The third-order valence-electron chi connectivity index (χ3n) is 4.84. The van der Waals surface area contributed by atoms with Crippen molar-refractivity contribution in [2.24, 2.45) is 5.73 Å². The lowest BCUT2D eigenvalue weighted by molar-refractivity contribution is 0.100. The fourth-order valence-electron chi connectivity index (χ4n) is 3.46. The molecule has 3 rings (SSSR count). The van der Waals surface area contributed by atoms with Crippen LogP contribution in [0.4, 0.5) is 5.69 Å². The number of para-hydroxylation sites is 1. The highest BCUT2D eigenvalue weighted by atomic mass is 16.5. The average molecular weight is 377 g/mol. The maximum absolute atomic E-state index is 11.8. The Labute approximate surface area is 165 Å². The Morgan fingerprint density at radius 3 is 2.57 bits per heavy atom. The Kier molecular flexibility index (Phi) is 6.14. The van der Waals surface area contributed by atoms with Crippen LogP contribution in [0.2, 0.25) is 0 Å². The van der Waals surface area contributed by atoms with Gasteiger partial charge in [-0.3, -0.25) is 9.78 Å². The molecule has 0 aliphatic heterocycles. The molecule has 1 atom stereocenters. The molecule has 0 saturated carbocycles. The number of hydrogen-bond donors (Lipinski definition) is 2. The summed E-state index contributed by atoms with van der Waals surface area (Å²) in [6.45, 7) is 6.83. The molecule has 5 nitrogen and oxygen atoms in total. The molecule has 0 saturated heterocycles. The lowest BCUT2D eigenvalue weighted by atomic mass is 9.99. The monoisotopic (exact) mass is 377 g/mol. The number of rotatable bonds is 8. The molecular weight excluding hydrogens is 350 g/mol. The highest BCUT2D eigenvalue weighted by molar-refractivity contribution is 6.07. The molecule has 0 radical (unpaired) electrons. The Hall–Kier alpha value is -3.08. The fourth-order valence-corrected chi connectivity index (χ4v) is 3.46. The lowest BCUT2D eigenvalue weighted by Crippen LogP contribution is -2.14. The number of primary amides is 1. The number of nitrogens with one attached hydrogen (secondary N) is 1. The van der Waals surface area contributed by atoms with Gasteiger partial charge in [-0.1, -0.05) is 37.6 Å². The topological polar surface area (TPSA) is 77.2 Å². The Balaban J connectivity index is 2.01. The third-order valence-corrected chi connectivity index (χ3v) is 4.84. The average Bonchev–Trinajstić information content (AvgIpc) is 2.69. The van der Waals surface area contributed by atoms with Gasteiger partial charge in [0.25, 0.3) is 5.91 Å². The molecule has 2 aromatic carbocycles. The van der Waals surface area contributed by atoms with E-state index >= 15 is 0 Å². The van der Waals surface area contributed by atoms with Crippen molar-refractivity contribution in [2.45, 2.75) is 39.7 Å². The van der Waals surface area contributed by atoms with Crippen molar-refractivity contribution in [3.8, 4) is 5.75 Å². The van der Waals surface area contributed by atoms with E-state index < -0.39 is 5.91 Å². The summed E-state index contributed by atoms with van der Waals surface area (Å²) in [7, 11) is 0. The normalized spacial score (nSPS) is 12.0. The van der Waals surface area contributed by atoms with E-state index in [1.165, 1.54) is 5.56 Å². The number of ether oxygens (including phenoxy) is 1. The molecule has 0 aliphatic rings. The van der Waals surface area contributed by atoms with Crippen LogP contribution in [-0.2, 0) is 0 Å². The van der Waals surface area contributed by atoms with Crippen molar-refractivity contribution in [1.82, 2.24) is 4.98 Å². The summed E-state index contributed by atoms with van der Waals surface area (Å²) in [5.74, 6) is 0.405. The van der Waals surface area contributed by atoms with Gasteiger partial charge in [-0.2, -0.15) is 0 Å². The number of carbonyl (C=O) groups is 1. The minimum absolute atomic E-state index is 0.141. The summed E-state index contributed by atoms with van der Waals surface area (Å²) < 4.78 is 5.56. The molecular formula is C23H27N3O2. The van der Waals surface area contributed by atoms with Gasteiger partial charge in [-0.05, 0) is 49.6 Å². The molecule has 0 bridgehead atoms. The maximum Gasteiger partial charge on any atom is 0.250 e. The first kappa shape index (κ1) is 19.7. The minimum atomic E-state index is -0.468. The smallest absolute Gasteiger partial charge is 0.250 e. The standard InChI is InChI=1S/C23H27N3O2/c1-4-7-20(16-10-12-17(13-11-16)28-5-2)26-21-15(3)14-25-22-18(21)8-6-9-19(22)23(24)27/h6,8-14,20H,4-5,7H2,1-3H3,(H2,24,27)(H,25,26)/t20-/m1/s1. The van der Waals surface area contributed by atoms with E-state index in [0.717, 1.165) is 35.2 Å². The molecule has 0 spiro atoms. The van der Waals surface area contributed by atoms with Crippen molar-refractivity contribution >= 4 is 22.5 Å². The van der Waals surface area contributed by atoms with E-state index in [2.05, 4.69) is 29.4 Å². The molecule has 1 amide bonds. The second-order valence-electron chi connectivity index (χ2n) is 6.87. The number of fused-ring (bicyclic) bond motifs is 1. The SMILES string of the molecule is CCC[C@@H](Nc1c(C)cnc2c(C(N)=O)cccc12)c1ccc(OCC)cc1. The van der Waals surface area contributed by atoms with Crippen LogP contribution < -0.4 is 15.8 Å². The van der Waals surface area contributed by atoms with Gasteiger partial charge in [0, 0.05) is 17.3 Å². The third kappa shape index (κ3) is 4.09. The second kappa shape index (κ2) is 8.74. The Bertz CT molecular complexity index is 967. The quantitative estimate of drug-likeness (QED) is 0.579. The van der Waals surface area contributed by atoms with Crippen molar-refractivity contribution < 1.29 is 9.53 Å². The molecule has 0 aliphatic carbocycles. The zero-order chi connectivity index (χ0) is 20.1. The molecule has 28 heavy (non-hydrogen) atoms. The lowest BCUT2D eigenvalue weighted by Gasteiger charge is -2.23. The molecule has 5 heteroatoms. The van der Waals surface area contributed by atoms with Crippen LogP contribution in [0.1, 0.15) is 54.2 Å². The number of anilines is 1. The van der Waals surface area contributed by atoms with E-state index in [1.54, 1.807) is 12.3 Å². The largest absolute Gasteiger partial charge is 0.494 e. The summed E-state index contributed by atoms with van der Waals surface area (Å²) >= 11 is 0. The summed E-state index contributed by atoms with van der Waals surface area (Å²) in [5, 5.41) is 4.60. The number of aromatic nitrogens is 1. The van der Waals surface area contributed by atoms with E-state index in [4.69, 9.17) is 10.5 Å². The molecule has 3 aromatic rings. The zero-order valence-electron chi connectivity index (χ0n) is 16.7. The zero-order valence-corrected chi connectivity index (χ0v) is 16.7. The summed E-state index contributed by atoms with van der Waals surface area (Å²) in [6.07, 6.45) is 3.81. The maximum atomic E-state index is 11.8. The number of hydrogen-bond acceptors (Lipinski definition) is 4. The van der Waals surface area contributed by atoms with Crippen LogP contribution >= 0.6 is 0 Å². The van der Waals surface area contributed by atoms with Gasteiger partial charge in [0.05, 0.1) is 23.7 Å². The van der Waals surface area contributed by atoms with E-state index in [9.17, 15) is 4.79 Å². The van der Waals surface area contributed by atoms with Crippen molar-refractivity contribution in [2.75, 3.05) is 11.9 Å². The number of aryl methyl sites for hydroxylation is 1. The van der Waals surface area contributed by atoms with Gasteiger partial charge in [0.2, 0.25) is 0 Å². The number of nitrogens with zero attached hydrogens (tertiary/aromatic N) is 1. The summed E-state index contributed by atoms with van der Waals surface area (Å²) in [4.78, 5) is 16.3. The van der Waals surface area contributed by atoms with Gasteiger partial charge in [0.15, 0.2) is 0 Å². The molecule has 1 heterocycles. The second-order valence-corrected chi connectivity index (χ2v) is 6.87. The van der Waals surface area contributed by atoms with Crippen LogP contribution in [-0.4, -0.2) is 17.5 Å². The van der Waals surface area contributed by atoms with Gasteiger partial charge in [-0.25, -0.2) is 0 Å². The van der Waals surface area contributed by atoms with E-state index in [-0.39, 0.29) is 6.04 Å². The van der Waals surface area contributed by atoms with E-state index in [1.807, 2.05) is 38.1 Å². The van der Waals surface area contributed by atoms with Gasteiger partial charge in [0.1, 0.15) is 5.75 Å². The van der Waals surface area contributed by atoms with Gasteiger partial charge in [-0.15, -0.1) is 0 Å². The molecule has 1 aromatic heterocycles. The molecule has 0 fully saturated rings. The van der Waals surface area contributed by atoms with Crippen LogP contribution in [0.5, 0.6) is 5.75 Å². The van der Waals surface area contributed by atoms with Gasteiger partial charge >= 0.3 is 0 Å². The highest BCUT2D eigenvalue weighted by Crippen LogP contribution is 2.32. The fraction of sp³-hybridized carbons (Fsp3) is 0.304. The first-order valence-corrected chi connectivity index (χ1v) is 9.72. The number of amides is 1. The van der Waals surface area contributed by atoms with Crippen molar-refractivity contribution in [3.63, 3.8) is 0 Å². The number of carbonyl (C=O) groups excluding carboxylic acids is 1. The highest BCUT2D eigenvalue weighted by Gasteiger charge is 2.16. The number of nitrogens with two attached hydrogens (primary N) is 1. The van der Waals surface area contributed by atoms with Crippen LogP contribution in [0, 0.1) is 6.92 Å².